The zero-order valence-corrected chi connectivity index (χ0v) is 14.3. The Morgan fingerprint density at radius 1 is 1.26 bits per heavy atom. The predicted octanol–water partition coefficient (Wildman–Crippen LogP) is 4.92. The second-order valence-electron chi connectivity index (χ2n) is 5.20. The number of fused-ring (bicyclic) bond motifs is 1. The lowest BCUT2D eigenvalue weighted by atomic mass is 10.1. The highest BCUT2D eigenvalue weighted by Gasteiger charge is 2.27. The van der Waals surface area contributed by atoms with Crippen LogP contribution in [0, 0.1) is 0 Å². The van der Waals surface area contributed by atoms with E-state index in [2.05, 4.69) is 12.1 Å². The third kappa shape index (κ3) is 4.83. The van der Waals surface area contributed by atoms with E-state index in [1.165, 1.54) is 5.56 Å². The molecule has 1 aromatic rings. The molecule has 6 heteroatoms. The molecule has 1 aliphatic rings. The maximum atomic E-state index is 5.88. The van der Waals surface area contributed by atoms with E-state index in [0.717, 1.165) is 24.2 Å². The summed E-state index contributed by atoms with van der Waals surface area (Å²) in [7, 11) is 0. The van der Waals surface area contributed by atoms with Gasteiger partial charge in [-0.1, -0.05) is 6.07 Å². The van der Waals surface area contributed by atoms with E-state index in [9.17, 15) is 0 Å². The smallest absolute Gasteiger partial charge is 0.341 e. The third-order valence-corrected chi connectivity index (χ3v) is 5.60. The van der Waals surface area contributed by atoms with Crippen molar-refractivity contribution in [2.24, 2.45) is 0 Å². The van der Waals surface area contributed by atoms with Gasteiger partial charge < -0.3 is 9.47 Å². The number of rotatable bonds is 4. The SMILES string of the molecule is CC1(C)OCc2cc(CCC[Si](Cl)(Cl)Cl)ccc2O1. The molecule has 19 heavy (non-hydrogen) atoms. The van der Waals surface area contributed by atoms with E-state index in [0.29, 0.717) is 12.7 Å². The Hall–Kier alpha value is 0.0669. The average Bonchev–Trinajstić information content (AvgIpc) is 2.27. The molecule has 0 radical (unpaired) electrons. The molecule has 0 atom stereocenters. The van der Waals surface area contributed by atoms with Crippen molar-refractivity contribution in [3.63, 3.8) is 0 Å². The van der Waals surface area contributed by atoms with Crippen LogP contribution in [0.1, 0.15) is 31.4 Å². The zero-order valence-electron chi connectivity index (χ0n) is 11.0. The lowest BCUT2D eigenvalue weighted by molar-refractivity contribution is -0.180. The number of hydrogen-bond donors (Lipinski definition) is 0. The Bertz CT molecular complexity index is 458. The standard InChI is InChI=1S/C13H17Cl3O2Si/c1-13(2)17-9-11-8-10(5-6-12(11)18-13)4-3-7-19(14,15)16/h5-6,8H,3-4,7,9H2,1-2H3. The number of halogens is 3. The van der Waals surface area contributed by atoms with Crippen molar-refractivity contribution >= 4 is 39.2 Å². The molecule has 1 aliphatic heterocycles. The minimum absolute atomic E-state index is 0.546. The van der Waals surface area contributed by atoms with Crippen molar-refractivity contribution in [2.45, 2.75) is 45.1 Å². The Labute approximate surface area is 129 Å². The van der Waals surface area contributed by atoms with E-state index in [1.54, 1.807) is 0 Å². The Morgan fingerprint density at radius 2 is 2.00 bits per heavy atom. The molecule has 2 rings (SSSR count). The molecule has 0 aromatic heterocycles. The van der Waals surface area contributed by atoms with E-state index in [4.69, 9.17) is 42.7 Å². The summed E-state index contributed by atoms with van der Waals surface area (Å²) in [5.74, 6) is 0.353. The van der Waals surface area contributed by atoms with Gasteiger partial charge in [-0.2, -0.15) is 0 Å². The van der Waals surface area contributed by atoms with Crippen molar-refractivity contribution < 1.29 is 9.47 Å². The maximum Gasteiger partial charge on any atom is 0.341 e. The molecule has 0 spiro atoms. The lowest BCUT2D eigenvalue weighted by Gasteiger charge is -2.32. The Balaban J connectivity index is 1.98. The Morgan fingerprint density at radius 3 is 2.68 bits per heavy atom. The highest BCUT2D eigenvalue weighted by Crippen LogP contribution is 2.32. The number of hydrogen-bond acceptors (Lipinski definition) is 2. The van der Waals surface area contributed by atoms with Crippen molar-refractivity contribution in [3.05, 3.63) is 29.3 Å². The van der Waals surface area contributed by atoms with Crippen LogP contribution in [0.15, 0.2) is 18.2 Å². The first-order chi connectivity index (χ1) is 8.75. The maximum absolute atomic E-state index is 5.88. The van der Waals surface area contributed by atoms with Gasteiger partial charge in [-0.25, -0.2) is 0 Å². The van der Waals surface area contributed by atoms with E-state index >= 15 is 0 Å². The second-order valence-corrected chi connectivity index (χ2v) is 14.5. The van der Waals surface area contributed by atoms with Crippen molar-refractivity contribution in [2.75, 3.05) is 0 Å². The van der Waals surface area contributed by atoms with Crippen LogP contribution in [0.2, 0.25) is 6.04 Å². The van der Waals surface area contributed by atoms with Gasteiger partial charge in [0.15, 0.2) is 0 Å². The fraction of sp³-hybridized carbons (Fsp3) is 0.538. The molecule has 1 heterocycles. The number of aryl methyl sites for hydroxylation is 1. The number of benzene rings is 1. The molecule has 0 bridgehead atoms. The van der Waals surface area contributed by atoms with Crippen LogP contribution in [-0.4, -0.2) is 11.8 Å². The summed E-state index contributed by atoms with van der Waals surface area (Å²) in [6.45, 7) is 4.40. The fourth-order valence-electron chi connectivity index (χ4n) is 2.04. The Kier molecular flexibility index (Phi) is 4.74. The van der Waals surface area contributed by atoms with Crippen molar-refractivity contribution in [1.82, 2.24) is 0 Å². The summed E-state index contributed by atoms with van der Waals surface area (Å²) in [5, 5.41) is 0. The molecule has 106 valence electrons. The number of ether oxygens (including phenoxy) is 2. The summed E-state index contributed by atoms with van der Waals surface area (Å²) >= 11 is 17.6. The molecule has 2 nitrogen and oxygen atoms in total. The first-order valence-electron chi connectivity index (χ1n) is 6.27. The molecule has 0 saturated carbocycles. The van der Waals surface area contributed by atoms with Gasteiger partial charge in [0.25, 0.3) is 0 Å². The van der Waals surface area contributed by atoms with E-state index < -0.39 is 11.8 Å². The average molecular weight is 340 g/mol. The van der Waals surface area contributed by atoms with Gasteiger partial charge in [0.2, 0.25) is 5.79 Å². The van der Waals surface area contributed by atoms with Gasteiger partial charge in [-0.05, 0) is 36.6 Å². The molecule has 0 aliphatic carbocycles. The van der Waals surface area contributed by atoms with Crippen LogP contribution >= 0.6 is 33.2 Å². The van der Waals surface area contributed by atoms with Crippen molar-refractivity contribution in [3.8, 4) is 5.75 Å². The topological polar surface area (TPSA) is 18.5 Å². The molecule has 0 saturated heterocycles. The van der Waals surface area contributed by atoms with Gasteiger partial charge in [0.1, 0.15) is 5.75 Å². The molecule has 0 unspecified atom stereocenters. The molecular formula is C13H17Cl3O2Si. The monoisotopic (exact) mass is 338 g/mol. The molecular weight excluding hydrogens is 323 g/mol. The van der Waals surface area contributed by atoms with Crippen LogP contribution in [-0.2, 0) is 17.8 Å². The van der Waals surface area contributed by atoms with Gasteiger partial charge in [-0.15, -0.1) is 33.2 Å². The largest absolute Gasteiger partial charge is 0.463 e. The van der Waals surface area contributed by atoms with Crippen molar-refractivity contribution in [1.29, 1.82) is 0 Å². The first-order valence-corrected chi connectivity index (χ1v) is 11.5. The highest BCUT2D eigenvalue weighted by atomic mass is 35.8. The highest BCUT2D eigenvalue weighted by molar-refractivity contribution is 7.64. The second kappa shape index (κ2) is 5.82. The quantitative estimate of drug-likeness (QED) is 0.572. The normalized spacial score (nSPS) is 17.7. The van der Waals surface area contributed by atoms with Crippen LogP contribution in [0.5, 0.6) is 5.75 Å². The fourth-order valence-corrected chi connectivity index (χ4v) is 3.82. The van der Waals surface area contributed by atoms with Gasteiger partial charge >= 0.3 is 6.00 Å². The van der Waals surface area contributed by atoms with E-state index in [-0.39, 0.29) is 0 Å². The van der Waals surface area contributed by atoms with Crippen LogP contribution in [0.4, 0.5) is 0 Å². The van der Waals surface area contributed by atoms with Gasteiger partial charge in [-0.3, -0.25) is 0 Å². The molecule has 0 N–H and O–H groups in total. The van der Waals surface area contributed by atoms with Crippen LogP contribution in [0.25, 0.3) is 0 Å². The minimum atomic E-state index is -2.49. The summed E-state index contributed by atoms with van der Waals surface area (Å²) in [5.41, 5.74) is 2.32. The molecule has 1 aromatic carbocycles. The third-order valence-electron chi connectivity index (χ3n) is 2.98. The summed E-state index contributed by atoms with van der Waals surface area (Å²) in [6, 6.07) is 4.38. The zero-order chi connectivity index (χ0) is 14.1. The van der Waals surface area contributed by atoms with Gasteiger partial charge in [0.05, 0.1) is 6.61 Å². The van der Waals surface area contributed by atoms with Crippen LogP contribution in [0.3, 0.4) is 0 Å². The van der Waals surface area contributed by atoms with Crippen LogP contribution < -0.4 is 4.74 Å². The van der Waals surface area contributed by atoms with Gasteiger partial charge in [0, 0.05) is 19.4 Å². The molecule has 0 amide bonds. The lowest BCUT2D eigenvalue weighted by Crippen LogP contribution is -2.35. The summed E-state index contributed by atoms with van der Waals surface area (Å²) in [4.78, 5) is 0. The summed E-state index contributed by atoms with van der Waals surface area (Å²) in [6.07, 6.45) is 1.81. The van der Waals surface area contributed by atoms with E-state index in [1.807, 2.05) is 19.9 Å². The predicted molar refractivity (Wildman–Crippen MR) is 82.4 cm³/mol. The molecule has 0 fully saturated rings. The first kappa shape index (κ1) is 15.5. The summed E-state index contributed by atoms with van der Waals surface area (Å²) < 4.78 is 11.4. The minimum Gasteiger partial charge on any atom is -0.463 e.